The number of ether oxygens (including phenoxy) is 3. The highest BCUT2D eigenvalue weighted by Gasteiger charge is 2.55. The minimum atomic E-state index is -1.01. The summed E-state index contributed by atoms with van der Waals surface area (Å²) >= 11 is 0. The van der Waals surface area contributed by atoms with Crippen LogP contribution >= 0.6 is 0 Å². The first-order valence-corrected chi connectivity index (χ1v) is 5.39. The number of carbonyl (C=O) groups is 3. The van der Waals surface area contributed by atoms with Gasteiger partial charge in [0.05, 0.1) is 25.4 Å². The number of esters is 3. The Balaban J connectivity index is 2.77. The average molecular weight is 256 g/mol. The third-order valence-electron chi connectivity index (χ3n) is 2.85. The average Bonchev–Trinajstić information content (AvgIpc) is 2.90. The summed E-state index contributed by atoms with van der Waals surface area (Å²) in [6.45, 7) is 4.81. The summed E-state index contributed by atoms with van der Waals surface area (Å²) in [5, 5.41) is 0. The molecule has 0 saturated heterocycles. The van der Waals surface area contributed by atoms with Crippen molar-refractivity contribution in [3.63, 3.8) is 0 Å². The number of hydrogen-bond acceptors (Lipinski definition) is 6. The molecule has 1 aliphatic carbocycles. The zero-order valence-corrected chi connectivity index (χ0v) is 11.0. The smallest absolute Gasteiger partial charge is 0.346 e. The van der Waals surface area contributed by atoms with Gasteiger partial charge in [-0.25, -0.2) is 14.4 Å². The van der Waals surface area contributed by atoms with Gasteiger partial charge in [0.25, 0.3) is 0 Å². The van der Waals surface area contributed by atoms with E-state index in [2.05, 4.69) is 9.47 Å². The quantitative estimate of drug-likeness (QED) is 0.541. The molecule has 1 rings (SSSR count). The van der Waals surface area contributed by atoms with Gasteiger partial charge in [-0.1, -0.05) is 13.8 Å². The Morgan fingerprint density at radius 3 is 1.94 bits per heavy atom. The zero-order valence-electron chi connectivity index (χ0n) is 11.0. The monoisotopic (exact) mass is 256 g/mol. The molecule has 0 unspecified atom stereocenters. The summed E-state index contributed by atoms with van der Waals surface area (Å²) in [6.07, 6.45) is -1.01. The van der Waals surface area contributed by atoms with E-state index in [1.54, 1.807) is 13.8 Å². The molecule has 6 nitrogen and oxygen atoms in total. The molecule has 0 heterocycles. The van der Waals surface area contributed by atoms with Gasteiger partial charge in [0.15, 0.2) is 6.10 Å². The topological polar surface area (TPSA) is 78.9 Å². The molecule has 0 bridgehead atoms. The predicted molar refractivity (Wildman–Crippen MR) is 60.4 cm³/mol. The van der Waals surface area contributed by atoms with Gasteiger partial charge in [0.1, 0.15) is 0 Å². The summed E-state index contributed by atoms with van der Waals surface area (Å²) in [5.41, 5.74) is -0.141. The summed E-state index contributed by atoms with van der Waals surface area (Å²) in [4.78, 5) is 34.3. The number of rotatable bonds is 4. The highest BCUT2D eigenvalue weighted by atomic mass is 16.6. The van der Waals surface area contributed by atoms with Crippen LogP contribution in [0.2, 0.25) is 0 Å². The predicted octanol–water partition coefficient (Wildman–Crippen LogP) is 0.600. The molecule has 0 radical (unpaired) electrons. The lowest BCUT2D eigenvalue weighted by Crippen LogP contribution is -2.25. The van der Waals surface area contributed by atoms with Crippen LogP contribution < -0.4 is 0 Å². The molecule has 0 aromatic heterocycles. The van der Waals surface area contributed by atoms with Crippen molar-refractivity contribution in [2.45, 2.75) is 26.9 Å². The van der Waals surface area contributed by atoms with Crippen LogP contribution in [0.4, 0.5) is 0 Å². The summed E-state index contributed by atoms with van der Waals surface area (Å²) in [6, 6.07) is 0. The van der Waals surface area contributed by atoms with Gasteiger partial charge in [-0.15, -0.1) is 0 Å². The molecule has 0 aromatic carbocycles. The molecule has 0 aliphatic heterocycles. The van der Waals surface area contributed by atoms with Crippen LogP contribution in [-0.2, 0) is 28.6 Å². The molecule has 6 heteroatoms. The lowest BCUT2D eigenvalue weighted by atomic mass is 10.0. The van der Waals surface area contributed by atoms with Gasteiger partial charge in [0, 0.05) is 5.41 Å². The Hall–Kier alpha value is -1.85. The third kappa shape index (κ3) is 2.37. The van der Waals surface area contributed by atoms with Gasteiger partial charge in [-0.2, -0.15) is 0 Å². The van der Waals surface area contributed by atoms with Crippen LogP contribution in [0, 0.1) is 5.41 Å². The van der Waals surface area contributed by atoms with Crippen LogP contribution in [0.15, 0.2) is 11.1 Å². The molecule has 0 aromatic rings. The maximum atomic E-state index is 11.8. The van der Waals surface area contributed by atoms with Gasteiger partial charge in [0.2, 0.25) is 0 Å². The lowest BCUT2D eigenvalue weighted by Gasteiger charge is -2.10. The summed E-state index contributed by atoms with van der Waals surface area (Å²) < 4.78 is 13.9. The van der Waals surface area contributed by atoms with E-state index in [0.29, 0.717) is 0 Å². The molecule has 100 valence electrons. The fourth-order valence-electron chi connectivity index (χ4n) is 1.72. The second kappa shape index (κ2) is 4.80. The number of methoxy groups -OCH3 is 2. The highest BCUT2D eigenvalue weighted by molar-refractivity contribution is 6.11. The van der Waals surface area contributed by atoms with Crippen molar-refractivity contribution in [1.29, 1.82) is 0 Å². The third-order valence-corrected chi connectivity index (χ3v) is 2.85. The first-order valence-electron chi connectivity index (χ1n) is 5.39. The maximum absolute atomic E-state index is 11.8. The van der Waals surface area contributed by atoms with Crippen molar-refractivity contribution in [2.75, 3.05) is 14.2 Å². The Labute approximate surface area is 105 Å². The maximum Gasteiger partial charge on any atom is 0.346 e. The zero-order chi connectivity index (χ0) is 14.1. The van der Waals surface area contributed by atoms with E-state index >= 15 is 0 Å². The Morgan fingerprint density at radius 2 is 1.50 bits per heavy atom. The fourth-order valence-corrected chi connectivity index (χ4v) is 1.72. The fraction of sp³-hybridized carbons (Fsp3) is 0.583. The van der Waals surface area contributed by atoms with Crippen molar-refractivity contribution in [3.8, 4) is 0 Å². The molecule has 1 atom stereocenters. The van der Waals surface area contributed by atoms with E-state index in [-0.39, 0.29) is 11.1 Å². The highest BCUT2D eigenvalue weighted by Crippen LogP contribution is 2.53. The molecule has 0 amide bonds. The largest absolute Gasteiger partial charge is 0.466 e. The number of hydrogen-bond donors (Lipinski definition) is 0. The van der Waals surface area contributed by atoms with Crippen molar-refractivity contribution >= 4 is 17.9 Å². The van der Waals surface area contributed by atoms with Crippen LogP contribution in [0.1, 0.15) is 20.8 Å². The van der Waals surface area contributed by atoms with E-state index in [4.69, 9.17) is 4.74 Å². The molecule has 0 saturated carbocycles. The van der Waals surface area contributed by atoms with Crippen molar-refractivity contribution in [2.24, 2.45) is 5.41 Å². The van der Waals surface area contributed by atoms with Crippen molar-refractivity contribution < 1.29 is 28.6 Å². The van der Waals surface area contributed by atoms with Crippen LogP contribution in [0.25, 0.3) is 0 Å². The van der Waals surface area contributed by atoms with Gasteiger partial charge >= 0.3 is 17.9 Å². The first-order chi connectivity index (χ1) is 8.27. The normalized spacial score (nSPS) is 17.8. The SMILES string of the molecule is COC(=O)C1=C(C(=O)O[C@@H](C)C(=O)OC)C1(C)C. The van der Waals surface area contributed by atoms with E-state index in [9.17, 15) is 14.4 Å². The van der Waals surface area contributed by atoms with Gasteiger partial charge in [-0.05, 0) is 6.92 Å². The van der Waals surface area contributed by atoms with E-state index in [1.165, 1.54) is 21.1 Å². The Kier molecular flexibility index (Phi) is 3.79. The van der Waals surface area contributed by atoms with E-state index < -0.39 is 29.4 Å². The number of carbonyl (C=O) groups excluding carboxylic acids is 3. The second-order valence-corrected chi connectivity index (χ2v) is 4.44. The van der Waals surface area contributed by atoms with Crippen molar-refractivity contribution in [3.05, 3.63) is 11.1 Å². The van der Waals surface area contributed by atoms with Gasteiger partial charge < -0.3 is 14.2 Å². The van der Waals surface area contributed by atoms with Crippen LogP contribution in [0.3, 0.4) is 0 Å². The van der Waals surface area contributed by atoms with Crippen LogP contribution in [0.5, 0.6) is 0 Å². The standard InChI is InChI=1S/C12H16O6/c1-6(9(13)16-4)18-11(15)8-7(10(14)17-5)12(8,2)3/h6H,1-5H3/t6-/m0/s1. The molecule has 1 aliphatic rings. The molecular formula is C12H16O6. The lowest BCUT2D eigenvalue weighted by molar-refractivity contribution is -0.162. The molecule has 0 spiro atoms. The molecule has 18 heavy (non-hydrogen) atoms. The Morgan fingerprint density at radius 1 is 1.00 bits per heavy atom. The summed E-state index contributed by atoms with van der Waals surface area (Å²) in [7, 11) is 2.44. The summed E-state index contributed by atoms with van der Waals surface area (Å²) in [5.74, 6) is -1.90. The molecular weight excluding hydrogens is 240 g/mol. The first kappa shape index (κ1) is 14.2. The van der Waals surface area contributed by atoms with E-state index in [0.717, 1.165) is 0 Å². The van der Waals surface area contributed by atoms with Crippen LogP contribution in [-0.4, -0.2) is 38.2 Å². The minimum Gasteiger partial charge on any atom is -0.466 e. The van der Waals surface area contributed by atoms with Crippen molar-refractivity contribution in [1.82, 2.24) is 0 Å². The van der Waals surface area contributed by atoms with Gasteiger partial charge in [-0.3, -0.25) is 0 Å². The minimum absolute atomic E-state index is 0.241. The van der Waals surface area contributed by atoms with E-state index in [1.807, 2.05) is 0 Å². The Bertz CT molecular complexity index is 432. The second-order valence-electron chi connectivity index (χ2n) is 4.44. The molecule has 0 N–H and O–H groups in total. The molecule has 0 fully saturated rings.